The van der Waals surface area contributed by atoms with Crippen molar-refractivity contribution in [1.29, 1.82) is 0 Å². The van der Waals surface area contributed by atoms with Gasteiger partial charge in [0.25, 0.3) is 0 Å². The Hall–Kier alpha value is -0.290. The topological polar surface area (TPSA) is 37.4 Å². The van der Waals surface area contributed by atoms with E-state index in [1.807, 2.05) is 6.92 Å². The molecule has 1 aromatic rings. The first-order valence-corrected chi connectivity index (χ1v) is 9.05. The third kappa shape index (κ3) is 2.98. The van der Waals surface area contributed by atoms with E-state index in [-0.39, 0.29) is 16.0 Å². The number of aryl methyl sites for hydroxylation is 1. The van der Waals surface area contributed by atoms with Crippen LogP contribution >= 0.6 is 23.2 Å². The lowest BCUT2D eigenvalue weighted by atomic mass is 10.0. The molecule has 1 saturated heterocycles. The lowest BCUT2D eigenvalue weighted by Crippen LogP contribution is -2.43. The van der Waals surface area contributed by atoms with E-state index >= 15 is 0 Å². The van der Waals surface area contributed by atoms with E-state index in [0.717, 1.165) is 25.7 Å². The fourth-order valence-electron chi connectivity index (χ4n) is 2.73. The molecule has 1 heterocycles. The third-order valence-corrected chi connectivity index (χ3v) is 6.66. The molecule has 0 aliphatic carbocycles. The number of benzene rings is 1. The van der Waals surface area contributed by atoms with Crippen molar-refractivity contribution in [3.8, 4) is 0 Å². The molecule has 2 rings (SSSR count). The number of halogens is 2. The van der Waals surface area contributed by atoms with Crippen LogP contribution in [0.4, 0.5) is 0 Å². The van der Waals surface area contributed by atoms with Crippen molar-refractivity contribution >= 4 is 33.2 Å². The SMILES string of the molecule is CC[C@H]1CCCCN1S(=O)(=O)c1cc(Cl)c(Cl)cc1C. The Morgan fingerprint density at radius 1 is 1.25 bits per heavy atom. The molecular formula is C14H19Cl2NO2S. The minimum Gasteiger partial charge on any atom is -0.207 e. The van der Waals surface area contributed by atoms with Crippen LogP contribution in [0.2, 0.25) is 10.0 Å². The number of rotatable bonds is 3. The summed E-state index contributed by atoms with van der Waals surface area (Å²) in [6.07, 6.45) is 3.76. The normalized spacial score (nSPS) is 21.1. The Balaban J connectivity index is 2.46. The Kier molecular flexibility index (Phi) is 5.00. The van der Waals surface area contributed by atoms with Crippen molar-refractivity contribution in [2.45, 2.75) is 50.5 Å². The smallest absolute Gasteiger partial charge is 0.207 e. The molecule has 20 heavy (non-hydrogen) atoms. The van der Waals surface area contributed by atoms with Crippen LogP contribution in [0.15, 0.2) is 17.0 Å². The molecule has 0 unspecified atom stereocenters. The van der Waals surface area contributed by atoms with Crippen molar-refractivity contribution in [3.05, 3.63) is 27.7 Å². The molecule has 3 nitrogen and oxygen atoms in total. The first-order chi connectivity index (χ1) is 9.37. The maximum atomic E-state index is 12.9. The molecule has 0 radical (unpaired) electrons. The van der Waals surface area contributed by atoms with Crippen molar-refractivity contribution < 1.29 is 8.42 Å². The van der Waals surface area contributed by atoms with Gasteiger partial charge in [0.1, 0.15) is 0 Å². The van der Waals surface area contributed by atoms with Gasteiger partial charge >= 0.3 is 0 Å². The summed E-state index contributed by atoms with van der Waals surface area (Å²) in [5.41, 5.74) is 0.639. The van der Waals surface area contributed by atoms with Gasteiger partial charge < -0.3 is 0 Å². The van der Waals surface area contributed by atoms with Crippen molar-refractivity contribution in [1.82, 2.24) is 4.31 Å². The average Bonchev–Trinajstić information content (AvgIpc) is 2.42. The average molecular weight is 336 g/mol. The predicted molar refractivity (Wildman–Crippen MR) is 83.0 cm³/mol. The van der Waals surface area contributed by atoms with Crippen LogP contribution < -0.4 is 0 Å². The molecule has 1 aliphatic rings. The van der Waals surface area contributed by atoms with Gasteiger partial charge in [-0.15, -0.1) is 0 Å². The van der Waals surface area contributed by atoms with Crippen LogP contribution in [0, 0.1) is 6.92 Å². The van der Waals surface area contributed by atoms with E-state index in [9.17, 15) is 8.42 Å². The fraction of sp³-hybridized carbons (Fsp3) is 0.571. The number of sulfonamides is 1. The van der Waals surface area contributed by atoms with Gasteiger partial charge in [-0.2, -0.15) is 4.31 Å². The number of hydrogen-bond acceptors (Lipinski definition) is 2. The summed E-state index contributed by atoms with van der Waals surface area (Å²) in [6, 6.07) is 3.17. The molecule has 0 aromatic heterocycles. The molecule has 0 spiro atoms. The lowest BCUT2D eigenvalue weighted by molar-refractivity contribution is 0.246. The molecule has 0 N–H and O–H groups in total. The molecule has 1 aliphatic heterocycles. The summed E-state index contributed by atoms with van der Waals surface area (Å²) in [6.45, 7) is 4.36. The standard InChI is InChI=1S/C14H19Cl2NO2S/c1-3-11-6-4-5-7-17(11)20(18,19)14-9-13(16)12(15)8-10(14)2/h8-9,11H,3-7H2,1-2H3/t11-/m0/s1. The molecule has 0 amide bonds. The second kappa shape index (κ2) is 6.22. The summed E-state index contributed by atoms with van der Waals surface area (Å²) >= 11 is 11.9. The molecule has 6 heteroatoms. The summed E-state index contributed by atoms with van der Waals surface area (Å²) in [4.78, 5) is 0.271. The second-order valence-electron chi connectivity index (χ2n) is 5.21. The Bertz CT molecular complexity index is 601. The van der Waals surface area contributed by atoms with Gasteiger partial charge in [-0.05, 0) is 43.9 Å². The highest BCUT2D eigenvalue weighted by Gasteiger charge is 2.33. The van der Waals surface area contributed by atoms with Crippen molar-refractivity contribution in [2.24, 2.45) is 0 Å². The summed E-state index contributed by atoms with van der Waals surface area (Å²) in [7, 11) is -3.50. The second-order valence-corrected chi connectivity index (χ2v) is 7.88. The molecule has 1 atom stereocenters. The molecule has 0 saturated carbocycles. The summed E-state index contributed by atoms with van der Waals surface area (Å²) in [5, 5.41) is 0.662. The van der Waals surface area contributed by atoms with Crippen LogP contribution in [-0.4, -0.2) is 25.3 Å². The van der Waals surface area contributed by atoms with E-state index < -0.39 is 10.0 Å². The van der Waals surface area contributed by atoms with Crippen LogP contribution in [0.25, 0.3) is 0 Å². The Morgan fingerprint density at radius 3 is 2.55 bits per heavy atom. The highest BCUT2D eigenvalue weighted by molar-refractivity contribution is 7.89. The highest BCUT2D eigenvalue weighted by Crippen LogP contribution is 2.32. The summed E-state index contributed by atoms with van der Waals surface area (Å²) < 4.78 is 27.4. The van der Waals surface area contributed by atoms with E-state index in [1.54, 1.807) is 17.3 Å². The van der Waals surface area contributed by atoms with Crippen LogP contribution in [-0.2, 0) is 10.0 Å². The minimum absolute atomic E-state index is 0.0857. The zero-order chi connectivity index (χ0) is 14.9. The fourth-order valence-corrected chi connectivity index (χ4v) is 5.18. The van der Waals surface area contributed by atoms with E-state index in [2.05, 4.69) is 0 Å². The molecule has 112 valence electrons. The van der Waals surface area contributed by atoms with Crippen LogP contribution in [0.5, 0.6) is 0 Å². The molecular weight excluding hydrogens is 317 g/mol. The van der Waals surface area contributed by atoms with Crippen molar-refractivity contribution in [3.63, 3.8) is 0 Å². The number of piperidine rings is 1. The van der Waals surface area contributed by atoms with Crippen molar-refractivity contribution in [2.75, 3.05) is 6.54 Å². The molecule has 1 fully saturated rings. The zero-order valence-corrected chi connectivity index (χ0v) is 14.0. The Morgan fingerprint density at radius 2 is 1.90 bits per heavy atom. The number of hydrogen-bond donors (Lipinski definition) is 0. The number of nitrogens with zero attached hydrogens (tertiary/aromatic N) is 1. The minimum atomic E-state index is -3.50. The zero-order valence-electron chi connectivity index (χ0n) is 11.7. The third-order valence-electron chi connectivity index (χ3n) is 3.85. The van der Waals surface area contributed by atoms with Gasteiger partial charge in [-0.3, -0.25) is 0 Å². The molecule has 0 bridgehead atoms. The van der Waals surface area contributed by atoms with Gasteiger partial charge in [0.15, 0.2) is 0 Å². The van der Waals surface area contributed by atoms with Gasteiger partial charge in [0.05, 0.1) is 14.9 Å². The van der Waals surface area contributed by atoms with Crippen LogP contribution in [0.3, 0.4) is 0 Å². The molecule has 1 aromatic carbocycles. The predicted octanol–water partition coefficient (Wildman–Crippen LogP) is 4.26. The first-order valence-electron chi connectivity index (χ1n) is 6.85. The van der Waals surface area contributed by atoms with Gasteiger partial charge in [-0.25, -0.2) is 8.42 Å². The van der Waals surface area contributed by atoms with Gasteiger partial charge in [-0.1, -0.05) is 36.5 Å². The van der Waals surface area contributed by atoms with E-state index in [4.69, 9.17) is 23.2 Å². The lowest BCUT2D eigenvalue weighted by Gasteiger charge is -2.34. The maximum Gasteiger partial charge on any atom is 0.243 e. The van der Waals surface area contributed by atoms with Crippen LogP contribution in [0.1, 0.15) is 38.2 Å². The van der Waals surface area contributed by atoms with E-state index in [0.29, 0.717) is 17.1 Å². The Labute approximate surface area is 130 Å². The largest absolute Gasteiger partial charge is 0.243 e. The highest BCUT2D eigenvalue weighted by atomic mass is 35.5. The van der Waals surface area contributed by atoms with Gasteiger partial charge in [0.2, 0.25) is 10.0 Å². The monoisotopic (exact) mass is 335 g/mol. The van der Waals surface area contributed by atoms with Gasteiger partial charge in [0, 0.05) is 12.6 Å². The quantitative estimate of drug-likeness (QED) is 0.827. The first kappa shape index (κ1) is 16.1. The summed E-state index contributed by atoms with van der Waals surface area (Å²) in [5.74, 6) is 0. The van der Waals surface area contributed by atoms with E-state index in [1.165, 1.54) is 6.07 Å². The maximum absolute atomic E-state index is 12.9.